The van der Waals surface area contributed by atoms with Crippen LogP contribution in [0.15, 0.2) is 12.1 Å². The average molecular weight is 221 g/mol. The molecular weight excluding hydrogens is 206 g/mol. The van der Waals surface area contributed by atoms with Crippen molar-refractivity contribution in [1.82, 2.24) is 5.32 Å². The Labute approximate surface area is 94.2 Å². The standard InChI is InChI=1S/C12H15NO3/c14-10-5-12-11(15-7-16-12)4-9(10)3-8-1-2-13-6-8/h4-5,8,13-14H,1-3,6-7H2. The lowest BCUT2D eigenvalue weighted by atomic mass is 9.97. The molecule has 0 spiro atoms. The third-order valence-corrected chi connectivity index (χ3v) is 3.24. The van der Waals surface area contributed by atoms with E-state index in [0.717, 1.165) is 30.8 Å². The number of phenols is 1. The number of aromatic hydroxyl groups is 1. The zero-order chi connectivity index (χ0) is 11.0. The van der Waals surface area contributed by atoms with E-state index in [2.05, 4.69) is 5.32 Å². The van der Waals surface area contributed by atoms with Crippen LogP contribution in [0.2, 0.25) is 0 Å². The molecule has 1 atom stereocenters. The summed E-state index contributed by atoms with van der Waals surface area (Å²) in [6.07, 6.45) is 2.07. The molecule has 3 rings (SSSR count). The maximum absolute atomic E-state index is 9.88. The molecule has 2 aliphatic heterocycles. The second-order valence-corrected chi connectivity index (χ2v) is 4.40. The van der Waals surface area contributed by atoms with Crippen molar-refractivity contribution in [1.29, 1.82) is 0 Å². The first-order valence-corrected chi connectivity index (χ1v) is 5.65. The molecule has 4 heteroatoms. The van der Waals surface area contributed by atoms with Crippen molar-refractivity contribution in [2.24, 2.45) is 5.92 Å². The van der Waals surface area contributed by atoms with Gasteiger partial charge >= 0.3 is 0 Å². The minimum absolute atomic E-state index is 0.253. The third-order valence-electron chi connectivity index (χ3n) is 3.24. The number of nitrogens with one attached hydrogen (secondary N) is 1. The summed E-state index contributed by atoms with van der Waals surface area (Å²) in [5.41, 5.74) is 0.956. The molecule has 0 bridgehead atoms. The fourth-order valence-corrected chi connectivity index (χ4v) is 2.34. The number of phenolic OH excluding ortho intramolecular Hbond substituents is 1. The van der Waals surface area contributed by atoms with Crippen molar-refractivity contribution in [2.45, 2.75) is 12.8 Å². The molecule has 0 aromatic heterocycles. The molecule has 2 aliphatic rings. The molecule has 1 aromatic carbocycles. The van der Waals surface area contributed by atoms with Gasteiger partial charge in [-0.25, -0.2) is 0 Å². The van der Waals surface area contributed by atoms with Crippen molar-refractivity contribution in [2.75, 3.05) is 19.9 Å². The normalized spacial score (nSPS) is 22.6. The highest BCUT2D eigenvalue weighted by atomic mass is 16.7. The quantitative estimate of drug-likeness (QED) is 0.789. The summed E-state index contributed by atoms with van der Waals surface area (Å²) in [7, 11) is 0. The predicted molar refractivity (Wildman–Crippen MR) is 58.9 cm³/mol. The minimum atomic E-state index is 0.253. The van der Waals surface area contributed by atoms with Crippen LogP contribution in [0.1, 0.15) is 12.0 Å². The number of fused-ring (bicyclic) bond motifs is 1. The molecule has 2 N–H and O–H groups in total. The van der Waals surface area contributed by atoms with Crippen LogP contribution in [-0.2, 0) is 6.42 Å². The zero-order valence-electron chi connectivity index (χ0n) is 9.03. The van der Waals surface area contributed by atoms with E-state index in [9.17, 15) is 5.11 Å². The van der Waals surface area contributed by atoms with Crippen molar-refractivity contribution >= 4 is 0 Å². The molecule has 1 aromatic rings. The summed E-state index contributed by atoms with van der Waals surface area (Å²) in [5, 5.41) is 13.2. The Bertz CT molecular complexity index is 399. The summed E-state index contributed by atoms with van der Waals surface area (Å²) < 4.78 is 10.5. The smallest absolute Gasteiger partial charge is 0.231 e. The van der Waals surface area contributed by atoms with Crippen molar-refractivity contribution < 1.29 is 14.6 Å². The highest BCUT2D eigenvalue weighted by Crippen LogP contribution is 2.38. The van der Waals surface area contributed by atoms with Crippen LogP contribution in [-0.4, -0.2) is 25.0 Å². The monoisotopic (exact) mass is 221 g/mol. The third kappa shape index (κ3) is 1.69. The highest BCUT2D eigenvalue weighted by Gasteiger charge is 2.20. The maximum Gasteiger partial charge on any atom is 0.231 e. The van der Waals surface area contributed by atoms with E-state index in [4.69, 9.17) is 9.47 Å². The van der Waals surface area contributed by atoms with Gasteiger partial charge in [-0.15, -0.1) is 0 Å². The maximum atomic E-state index is 9.88. The summed E-state index contributed by atoms with van der Waals surface area (Å²) in [6.45, 7) is 2.37. The highest BCUT2D eigenvalue weighted by molar-refractivity contribution is 5.51. The van der Waals surface area contributed by atoms with Crippen molar-refractivity contribution in [3.8, 4) is 17.2 Å². The molecule has 1 unspecified atom stereocenters. The fraction of sp³-hybridized carbons (Fsp3) is 0.500. The molecular formula is C12H15NO3. The number of rotatable bonds is 2. The molecule has 0 aliphatic carbocycles. The van der Waals surface area contributed by atoms with Crippen LogP contribution >= 0.6 is 0 Å². The molecule has 4 nitrogen and oxygen atoms in total. The van der Waals surface area contributed by atoms with Gasteiger partial charge in [0.2, 0.25) is 6.79 Å². The molecule has 2 heterocycles. The van der Waals surface area contributed by atoms with E-state index in [0.29, 0.717) is 17.4 Å². The van der Waals surface area contributed by atoms with Gasteiger partial charge < -0.3 is 19.9 Å². The topological polar surface area (TPSA) is 50.7 Å². The Morgan fingerprint density at radius 2 is 2.12 bits per heavy atom. The van der Waals surface area contributed by atoms with Gasteiger partial charge in [0.05, 0.1) is 0 Å². The first kappa shape index (κ1) is 9.78. The van der Waals surface area contributed by atoms with E-state index >= 15 is 0 Å². The van der Waals surface area contributed by atoms with Gasteiger partial charge in [-0.1, -0.05) is 0 Å². The lowest BCUT2D eigenvalue weighted by Crippen LogP contribution is -2.10. The van der Waals surface area contributed by atoms with Crippen LogP contribution < -0.4 is 14.8 Å². The van der Waals surface area contributed by atoms with Crippen molar-refractivity contribution in [3.05, 3.63) is 17.7 Å². The lowest BCUT2D eigenvalue weighted by Gasteiger charge is -2.10. The van der Waals surface area contributed by atoms with Gasteiger partial charge in [0.1, 0.15) is 5.75 Å². The Balaban J connectivity index is 1.83. The molecule has 16 heavy (non-hydrogen) atoms. The summed E-state index contributed by atoms with van der Waals surface area (Å²) >= 11 is 0. The van der Waals surface area contributed by atoms with Crippen LogP contribution in [0.5, 0.6) is 17.2 Å². The molecule has 1 saturated heterocycles. The Kier molecular flexibility index (Phi) is 2.36. The second-order valence-electron chi connectivity index (χ2n) is 4.40. The number of hydrogen-bond donors (Lipinski definition) is 2. The number of ether oxygens (including phenoxy) is 2. The molecule has 0 amide bonds. The largest absolute Gasteiger partial charge is 0.508 e. The van der Waals surface area contributed by atoms with E-state index in [-0.39, 0.29) is 6.79 Å². The number of benzene rings is 1. The Morgan fingerprint density at radius 3 is 2.88 bits per heavy atom. The van der Waals surface area contributed by atoms with Gasteiger partial charge in [-0.3, -0.25) is 0 Å². The van der Waals surface area contributed by atoms with Gasteiger partial charge in [-0.2, -0.15) is 0 Å². The Hall–Kier alpha value is -1.42. The van der Waals surface area contributed by atoms with E-state index in [1.165, 1.54) is 6.42 Å². The van der Waals surface area contributed by atoms with Crippen LogP contribution in [0.4, 0.5) is 0 Å². The molecule has 0 saturated carbocycles. The van der Waals surface area contributed by atoms with Gasteiger partial charge in [0.15, 0.2) is 11.5 Å². The van der Waals surface area contributed by atoms with Crippen molar-refractivity contribution in [3.63, 3.8) is 0 Å². The SMILES string of the molecule is Oc1cc2c(cc1CC1CCNC1)OCO2. The first-order chi connectivity index (χ1) is 7.83. The van der Waals surface area contributed by atoms with E-state index in [1.54, 1.807) is 6.07 Å². The molecule has 0 radical (unpaired) electrons. The van der Waals surface area contributed by atoms with Gasteiger partial charge in [0, 0.05) is 6.07 Å². The zero-order valence-corrected chi connectivity index (χ0v) is 9.03. The first-order valence-electron chi connectivity index (χ1n) is 5.65. The lowest BCUT2D eigenvalue weighted by molar-refractivity contribution is 0.174. The summed E-state index contributed by atoms with van der Waals surface area (Å²) in [4.78, 5) is 0. The van der Waals surface area contributed by atoms with E-state index in [1.807, 2.05) is 6.07 Å². The minimum Gasteiger partial charge on any atom is -0.508 e. The van der Waals surface area contributed by atoms with Gasteiger partial charge in [0.25, 0.3) is 0 Å². The molecule has 86 valence electrons. The molecule has 1 fully saturated rings. The van der Waals surface area contributed by atoms with E-state index < -0.39 is 0 Å². The predicted octanol–water partition coefficient (Wildman–Crippen LogP) is 1.27. The van der Waals surface area contributed by atoms with Crippen LogP contribution in [0, 0.1) is 5.92 Å². The summed E-state index contributed by atoms with van der Waals surface area (Å²) in [5.74, 6) is 2.33. The van der Waals surface area contributed by atoms with Crippen LogP contribution in [0.25, 0.3) is 0 Å². The average Bonchev–Trinajstić information content (AvgIpc) is 2.89. The second kappa shape index (κ2) is 3.87. The fourth-order valence-electron chi connectivity index (χ4n) is 2.34. The number of hydrogen-bond acceptors (Lipinski definition) is 4. The van der Waals surface area contributed by atoms with Crippen LogP contribution in [0.3, 0.4) is 0 Å². The van der Waals surface area contributed by atoms with Gasteiger partial charge in [-0.05, 0) is 43.5 Å². The summed E-state index contributed by atoms with van der Waals surface area (Å²) in [6, 6.07) is 3.55. The Morgan fingerprint density at radius 1 is 1.31 bits per heavy atom.